The van der Waals surface area contributed by atoms with Gasteiger partial charge in [-0.05, 0) is 19.8 Å². The average Bonchev–Trinajstić information content (AvgIpc) is 2.81. The molecule has 0 bridgehead atoms. The van der Waals surface area contributed by atoms with E-state index in [0.717, 1.165) is 0 Å². The Labute approximate surface area is 97.8 Å². The van der Waals surface area contributed by atoms with Crippen LogP contribution in [0.25, 0.3) is 0 Å². The molecule has 17 heavy (non-hydrogen) atoms. The second-order valence-corrected chi connectivity index (χ2v) is 4.26. The van der Waals surface area contributed by atoms with Gasteiger partial charge in [-0.25, -0.2) is 0 Å². The largest absolute Gasteiger partial charge is 0.481 e. The van der Waals surface area contributed by atoms with Crippen molar-refractivity contribution >= 4 is 11.9 Å². The van der Waals surface area contributed by atoms with E-state index in [4.69, 9.17) is 5.11 Å². The fourth-order valence-electron chi connectivity index (χ4n) is 2.15. The van der Waals surface area contributed by atoms with Crippen LogP contribution < -0.4 is 0 Å². The molecule has 2 atom stereocenters. The second kappa shape index (κ2) is 4.52. The summed E-state index contributed by atoms with van der Waals surface area (Å²) in [5, 5.41) is 18.6. The number of carboxylic acids is 1. The third-order valence-corrected chi connectivity index (χ3v) is 3.12. The van der Waals surface area contributed by atoms with Crippen LogP contribution in [0.2, 0.25) is 0 Å². The van der Waals surface area contributed by atoms with Gasteiger partial charge in [0.25, 0.3) is 5.91 Å². The van der Waals surface area contributed by atoms with E-state index in [1.165, 1.54) is 6.20 Å². The molecule has 1 aromatic rings. The van der Waals surface area contributed by atoms with Gasteiger partial charge in [-0.1, -0.05) is 0 Å². The number of hydrogen-bond donors (Lipinski definition) is 2. The molecule has 0 saturated carbocycles. The molecule has 1 aromatic heterocycles. The van der Waals surface area contributed by atoms with Crippen molar-refractivity contribution in [2.75, 3.05) is 6.54 Å². The maximum absolute atomic E-state index is 12.0. The van der Waals surface area contributed by atoms with E-state index in [9.17, 15) is 9.59 Å². The Balaban J connectivity index is 2.05. The Morgan fingerprint density at radius 3 is 2.88 bits per heavy atom. The highest BCUT2D eigenvalue weighted by atomic mass is 16.4. The number of aliphatic carboxylic acids is 1. The summed E-state index contributed by atoms with van der Waals surface area (Å²) in [6.45, 7) is 2.30. The summed E-state index contributed by atoms with van der Waals surface area (Å²) in [5.41, 5.74) is 0.269. The molecule has 92 valence electrons. The lowest BCUT2D eigenvalue weighted by atomic mass is 9.91. The molecule has 2 unspecified atom stereocenters. The highest BCUT2D eigenvalue weighted by molar-refractivity contribution is 5.92. The molecule has 1 aliphatic heterocycles. The zero-order chi connectivity index (χ0) is 12.4. The molecule has 1 amide bonds. The Hall–Kier alpha value is -1.92. The molecule has 0 aromatic carbocycles. The molecule has 7 heteroatoms. The molecule has 0 spiro atoms. The van der Waals surface area contributed by atoms with Crippen LogP contribution in [0.15, 0.2) is 6.20 Å². The Bertz CT molecular complexity index is 417. The van der Waals surface area contributed by atoms with E-state index in [1.807, 2.05) is 6.92 Å². The van der Waals surface area contributed by atoms with Crippen molar-refractivity contribution in [3.63, 3.8) is 0 Å². The Kier molecular flexibility index (Phi) is 3.08. The lowest BCUT2D eigenvalue weighted by molar-refractivity contribution is -0.143. The van der Waals surface area contributed by atoms with Crippen molar-refractivity contribution in [1.29, 1.82) is 0 Å². The number of carbonyl (C=O) groups excluding carboxylic acids is 1. The Morgan fingerprint density at radius 2 is 2.35 bits per heavy atom. The maximum atomic E-state index is 12.0. The van der Waals surface area contributed by atoms with Gasteiger partial charge in [-0.15, -0.1) is 0 Å². The van der Waals surface area contributed by atoms with Crippen LogP contribution in [0.3, 0.4) is 0 Å². The first-order valence-corrected chi connectivity index (χ1v) is 5.49. The van der Waals surface area contributed by atoms with Crippen LogP contribution in [-0.4, -0.2) is 49.9 Å². The summed E-state index contributed by atoms with van der Waals surface area (Å²) < 4.78 is 0. The monoisotopic (exact) mass is 238 g/mol. The zero-order valence-corrected chi connectivity index (χ0v) is 9.46. The zero-order valence-electron chi connectivity index (χ0n) is 9.46. The summed E-state index contributed by atoms with van der Waals surface area (Å²) in [6, 6.07) is -0.0888. The van der Waals surface area contributed by atoms with Gasteiger partial charge in [0.15, 0.2) is 5.69 Å². The fraction of sp³-hybridized carbons (Fsp3) is 0.600. The topological polar surface area (TPSA) is 99.2 Å². The standard InChI is InChI=1S/C10H14N4O3/c1-6-4-7(10(16)17)2-3-14(6)9(15)8-5-11-13-12-8/h5-7H,2-4H2,1H3,(H,16,17)(H,11,12,13). The van der Waals surface area contributed by atoms with E-state index in [0.29, 0.717) is 19.4 Å². The lowest BCUT2D eigenvalue weighted by Gasteiger charge is -2.35. The highest BCUT2D eigenvalue weighted by Crippen LogP contribution is 2.24. The molecule has 1 saturated heterocycles. The number of aromatic amines is 1. The second-order valence-electron chi connectivity index (χ2n) is 4.26. The first-order valence-electron chi connectivity index (χ1n) is 5.49. The number of amides is 1. The van der Waals surface area contributed by atoms with Crippen LogP contribution in [0.5, 0.6) is 0 Å². The molecule has 0 aliphatic carbocycles. The normalized spacial score (nSPS) is 24.6. The molecule has 1 fully saturated rings. The third kappa shape index (κ3) is 2.27. The van der Waals surface area contributed by atoms with Gasteiger partial charge in [0.05, 0.1) is 12.1 Å². The van der Waals surface area contributed by atoms with Gasteiger partial charge in [0.1, 0.15) is 0 Å². The van der Waals surface area contributed by atoms with Gasteiger partial charge < -0.3 is 10.0 Å². The van der Waals surface area contributed by atoms with Gasteiger partial charge in [-0.3, -0.25) is 9.59 Å². The summed E-state index contributed by atoms with van der Waals surface area (Å²) in [7, 11) is 0. The first kappa shape index (κ1) is 11.6. The number of piperidine rings is 1. The molecule has 7 nitrogen and oxygen atoms in total. The smallest absolute Gasteiger partial charge is 0.306 e. The van der Waals surface area contributed by atoms with E-state index in [-0.39, 0.29) is 23.6 Å². The SMILES string of the molecule is CC1CC(C(=O)O)CCN1C(=O)c1cn[nH]n1. The summed E-state index contributed by atoms with van der Waals surface area (Å²) in [4.78, 5) is 24.5. The van der Waals surface area contributed by atoms with E-state index in [2.05, 4.69) is 15.4 Å². The van der Waals surface area contributed by atoms with Crippen LogP contribution in [-0.2, 0) is 4.79 Å². The number of nitrogens with one attached hydrogen (secondary N) is 1. The van der Waals surface area contributed by atoms with Crippen LogP contribution in [0.4, 0.5) is 0 Å². The predicted octanol–water partition coefficient (Wildman–Crippen LogP) is 0.130. The number of aromatic nitrogens is 3. The summed E-state index contributed by atoms with van der Waals surface area (Å²) in [5.74, 6) is -1.34. The first-order chi connectivity index (χ1) is 8.09. The molecule has 1 aliphatic rings. The molecule has 2 rings (SSSR count). The minimum Gasteiger partial charge on any atom is -0.481 e. The van der Waals surface area contributed by atoms with Crippen molar-refractivity contribution in [3.8, 4) is 0 Å². The molecular weight excluding hydrogens is 224 g/mol. The molecule has 2 heterocycles. The van der Waals surface area contributed by atoms with Gasteiger partial charge in [0, 0.05) is 12.6 Å². The molecule has 2 N–H and O–H groups in total. The van der Waals surface area contributed by atoms with Crippen molar-refractivity contribution in [1.82, 2.24) is 20.3 Å². The number of nitrogens with zero attached hydrogens (tertiary/aromatic N) is 3. The number of H-pyrrole nitrogens is 1. The third-order valence-electron chi connectivity index (χ3n) is 3.12. The van der Waals surface area contributed by atoms with E-state index >= 15 is 0 Å². The predicted molar refractivity (Wildman–Crippen MR) is 57.2 cm³/mol. The molecule has 0 radical (unpaired) electrons. The van der Waals surface area contributed by atoms with Crippen molar-refractivity contribution < 1.29 is 14.7 Å². The van der Waals surface area contributed by atoms with Gasteiger partial charge in [-0.2, -0.15) is 15.4 Å². The van der Waals surface area contributed by atoms with Crippen LogP contribution in [0.1, 0.15) is 30.3 Å². The van der Waals surface area contributed by atoms with Gasteiger partial charge >= 0.3 is 5.97 Å². The van der Waals surface area contributed by atoms with E-state index in [1.54, 1.807) is 4.90 Å². The van der Waals surface area contributed by atoms with Gasteiger partial charge in [0.2, 0.25) is 0 Å². The number of likely N-dealkylation sites (tertiary alicyclic amines) is 1. The maximum Gasteiger partial charge on any atom is 0.306 e. The molecular formula is C10H14N4O3. The van der Waals surface area contributed by atoms with Crippen molar-refractivity contribution in [2.24, 2.45) is 5.92 Å². The van der Waals surface area contributed by atoms with Crippen LogP contribution in [0, 0.1) is 5.92 Å². The number of rotatable bonds is 2. The highest BCUT2D eigenvalue weighted by Gasteiger charge is 2.33. The summed E-state index contributed by atoms with van der Waals surface area (Å²) in [6.07, 6.45) is 2.35. The quantitative estimate of drug-likeness (QED) is 0.763. The average molecular weight is 238 g/mol. The van der Waals surface area contributed by atoms with E-state index < -0.39 is 5.97 Å². The van der Waals surface area contributed by atoms with Crippen molar-refractivity contribution in [2.45, 2.75) is 25.8 Å². The lowest BCUT2D eigenvalue weighted by Crippen LogP contribution is -2.46. The number of hydrogen-bond acceptors (Lipinski definition) is 4. The fourth-order valence-corrected chi connectivity index (χ4v) is 2.15. The van der Waals surface area contributed by atoms with Crippen molar-refractivity contribution in [3.05, 3.63) is 11.9 Å². The number of carboxylic acid groups (broad SMARTS) is 1. The van der Waals surface area contributed by atoms with Crippen LogP contribution >= 0.6 is 0 Å². The number of carbonyl (C=O) groups is 2. The minimum absolute atomic E-state index is 0.0888. The summed E-state index contributed by atoms with van der Waals surface area (Å²) >= 11 is 0. The Morgan fingerprint density at radius 1 is 1.59 bits per heavy atom. The minimum atomic E-state index is -0.787.